The summed E-state index contributed by atoms with van der Waals surface area (Å²) in [7, 11) is 0. The fourth-order valence-corrected chi connectivity index (χ4v) is 9.67. The van der Waals surface area contributed by atoms with Crippen LogP contribution in [0.3, 0.4) is 0 Å². The van der Waals surface area contributed by atoms with Gasteiger partial charge in [0, 0.05) is 83.8 Å². The molecule has 0 saturated carbocycles. The summed E-state index contributed by atoms with van der Waals surface area (Å²) in [4.78, 5) is 22.0. The van der Waals surface area contributed by atoms with Crippen molar-refractivity contribution in [2.24, 2.45) is 0 Å². The number of anilines is 4. The summed E-state index contributed by atoms with van der Waals surface area (Å²) in [5, 5.41) is 45.2. The summed E-state index contributed by atoms with van der Waals surface area (Å²) in [5.74, 6) is 2.63. The van der Waals surface area contributed by atoms with E-state index in [-0.39, 0.29) is 12.1 Å². The van der Waals surface area contributed by atoms with Crippen LogP contribution in [0.4, 0.5) is 23.9 Å². The van der Waals surface area contributed by atoms with Crippen molar-refractivity contribution < 1.29 is 8.83 Å². The lowest BCUT2D eigenvalue weighted by Crippen LogP contribution is -2.20. The summed E-state index contributed by atoms with van der Waals surface area (Å²) in [6.45, 7) is 3.21. The van der Waals surface area contributed by atoms with Crippen molar-refractivity contribution >= 4 is 55.8 Å². The fourth-order valence-electron chi connectivity index (χ4n) is 8.85. The smallest absolute Gasteiger partial charge is 0.318 e. The number of hydrogen-bond acceptors (Lipinski definition) is 18. The molecule has 8 heterocycles. The molecule has 20 nitrogen and oxygen atoms in total. The lowest BCUT2D eigenvalue weighted by Gasteiger charge is -2.12. The molecular formula is C42H40Br2N18O2. The SMILES string of the molecule is Brc1ccc2c(c1)CC(Nc1ncc(-c3nnc(N4CCC(c5cn[nH]n5)C4)o3)cn1)C2.Brc1ccc2c(c1)CC(Nc1ncc(-c3nnc(N4CCC(c5cn[nH]n5)C4)o3)cn1)C2. The Morgan fingerprint density at radius 1 is 0.547 bits per heavy atom. The van der Waals surface area contributed by atoms with Crippen LogP contribution in [0.25, 0.3) is 22.9 Å². The van der Waals surface area contributed by atoms with Crippen LogP contribution in [0.1, 0.15) is 58.3 Å². The van der Waals surface area contributed by atoms with Gasteiger partial charge in [-0.1, -0.05) is 54.2 Å². The van der Waals surface area contributed by atoms with Crippen molar-refractivity contribution in [3.05, 3.63) is 116 Å². The molecule has 4 N–H and O–H groups in total. The Kier molecular flexibility index (Phi) is 11.0. The van der Waals surface area contributed by atoms with Gasteiger partial charge < -0.3 is 29.3 Å². The number of H-pyrrole nitrogens is 2. The highest BCUT2D eigenvalue weighted by atomic mass is 79.9. The second-order valence-corrected chi connectivity index (χ2v) is 18.2. The number of aromatic amines is 2. The highest BCUT2D eigenvalue weighted by molar-refractivity contribution is 9.10. The third-order valence-corrected chi connectivity index (χ3v) is 13.1. The monoisotopic (exact) mass is 986 g/mol. The molecule has 2 aromatic carbocycles. The number of hydrogen-bond donors (Lipinski definition) is 4. The molecule has 324 valence electrons. The molecule has 64 heavy (non-hydrogen) atoms. The molecule has 0 amide bonds. The van der Waals surface area contributed by atoms with Gasteiger partial charge in [0.25, 0.3) is 11.8 Å². The minimum Gasteiger partial charge on any atom is -0.403 e. The standard InChI is InChI=1S/2C21H20BrN9O/c2*22-16-2-1-12-6-17(7-14(12)5-16)26-20-23-8-15(9-24-20)19-28-29-21(32-19)31-4-3-13(11-31)18-10-25-30-27-18/h2*1-2,5,8-10,13,17H,3-4,6-7,11H2,(H,23,24,26)(H,25,27,30). The van der Waals surface area contributed by atoms with E-state index in [1.807, 2.05) is 0 Å². The summed E-state index contributed by atoms with van der Waals surface area (Å²) in [5.41, 5.74) is 8.77. The summed E-state index contributed by atoms with van der Waals surface area (Å²) in [6.07, 6.45) is 16.2. The van der Waals surface area contributed by atoms with E-state index in [0.717, 1.165) is 85.0 Å². The Balaban J connectivity index is 0.000000143. The van der Waals surface area contributed by atoms with Crippen molar-refractivity contribution in [2.75, 3.05) is 46.6 Å². The predicted octanol–water partition coefficient (Wildman–Crippen LogP) is 5.96. The van der Waals surface area contributed by atoms with Gasteiger partial charge in [-0.3, -0.25) is 0 Å². The molecule has 0 bridgehead atoms. The van der Waals surface area contributed by atoms with Crippen LogP contribution in [0.5, 0.6) is 0 Å². The minimum absolute atomic E-state index is 0.285. The average molecular weight is 989 g/mol. The largest absolute Gasteiger partial charge is 0.403 e. The van der Waals surface area contributed by atoms with Gasteiger partial charge >= 0.3 is 12.0 Å². The van der Waals surface area contributed by atoms with Crippen LogP contribution >= 0.6 is 31.9 Å². The molecule has 2 aliphatic heterocycles. The Hall–Kier alpha value is -6.68. The van der Waals surface area contributed by atoms with Crippen LogP contribution < -0.4 is 20.4 Å². The Morgan fingerprint density at radius 3 is 1.41 bits per heavy atom. The maximum Gasteiger partial charge on any atom is 0.318 e. The molecule has 8 aromatic rings. The Labute approximate surface area is 382 Å². The first-order valence-electron chi connectivity index (χ1n) is 21.0. The Bertz CT molecular complexity index is 2640. The zero-order valence-electron chi connectivity index (χ0n) is 34.1. The second kappa shape index (κ2) is 17.5. The maximum absolute atomic E-state index is 5.90. The number of fused-ring (bicyclic) bond motifs is 2. The number of nitrogens with zero attached hydrogens (tertiary/aromatic N) is 14. The number of benzene rings is 2. The van der Waals surface area contributed by atoms with E-state index in [2.05, 4.69) is 160 Å². The summed E-state index contributed by atoms with van der Waals surface area (Å²) in [6, 6.07) is 14.5. The third kappa shape index (κ3) is 8.66. The first kappa shape index (κ1) is 40.1. The van der Waals surface area contributed by atoms with E-state index in [9.17, 15) is 0 Å². The van der Waals surface area contributed by atoms with E-state index >= 15 is 0 Å². The van der Waals surface area contributed by atoms with Crippen molar-refractivity contribution in [1.29, 1.82) is 0 Å². The van der Waals surface area contributed by atoms with E-state index in [0.29, 0.717) is 58.7 Å². The van der Waals surface area contributed by atoms with Crippen LogP contribution in [0, 0.1) is 0 Å². The normalized spacial score (nSPS) is 20.0. The molecule has 2 fully saturated rings. The van der Waals surface area contributed by atoms with Crippen molar-refractivity contribution in [1.82, 2.24) is 71.2 Å². The zero-order chi connectivity index (χ0) is 43.0. The van der Waals surface area contributed by atoms with Crippen molar-refractivity contribution in [2.45, 2.75) is 62.4 Å². The molecule has 4 atom stereocenters. The Morgan fingerprint density at radius 2 is 0.984 bits per heavy atom. The average Bonchev–Trinajstić information content (AvgIpc) is 4.15. The molecule has 2 saturated heterocycles. The van der Waals surface area contributed by atoms with Gasteiger partial charge in [-0.05, 0) is 85.0 Å². The number of rotatable bonds is 10. The minimum atomic E-state index is 0.285. The van der Waals surface area contributed by atoms with Gasteiger partial charge in [-0.25, -0.2) is 19.9 Å². The molecule has 2 aliphatic carbocycles. The van der Waals surface area contributed by atoms with E-state index < -0.39 is 0 Å². The van der Waals surface area contributed by atoms with Gasteiger partial charge in [0.05, 0.1) is 34.9 Å². The molecular weight excluding hydrogens is 948 g/mol. The molecule has 4 unspecified atom stereocenters. The fraction of sp³-hybridized carbons (Fsp3) is 0.333. The van der Waals surface area contributed by atoms with Crippen LogP contribution in [-0.2, 0) is 25.7 Å². The van der Waals surface area contributed by atoms with Gasteiger partial charge in [-0.15, -0.1) is 10.2 Å². The zero-order valence-corrected chi connectivity index (χ0v) is 37.3. The van der Waals surface area contributed by atoms with Crippen LogP contribution in [-0.4, -0.2) is 109 Å². The molecule has 22 heteroatoms. The van der Waals surface area contributed by atoms with E-state index in [4.69, 9.17) is 8.83 Å². The van der Waals surface area contributed by atoms with Gasteiger partial charge in [0.1, 0.15) is 0 Å². The predicted molar refractivity (Wildman–Crippen MR) is 240 cm³/mol. The lowest BCUT2D eigenvalue weighted by atomic mass is 10.1. The topological polar surface area (TPSA) is 243 Å². The number of nitrogens with one attached hydrogen (secondary N) is 4. The quantitative estimate of drug-likeness (QED) is 0.124. The molecule has 0 radical (unpaired) electrons. The molecule has 6 aromatic heterocycles. The summed E-state index contributed by atoms with van der Waals surface area (Å²) < 4.78 is 14.0. The highest BCUT2D eigenvalue weighted by Crippen LogP contribution is 2.33. The second-order valence-electron chi connectivity index (χ2n) is 16.3. The van der Waals surface area contributed by atoms with Gasteiger partial charge in [-0.2, -0.15) is 30.8 Å². The van der Waals surface area contributed by atoms with Gasteiger partial charge in [0.15, 0.2) is 0 Å². The number of aromatic nitrogens is 14. The molecule has 4 aliphatic rings. The van der Waals surface area contributed by atoms with E-state index in [1.54, 1.807) is 37.2 Å². The maximum atomic E-state index is 5.90. The summed E-state index contributed by atoms with van der Waals surface area (Å²) >= 11 is 7.08. The van der Waals surface area contributed by atoms with Gasteiger partial charge in [0.2, 0.25) is 11.9 Å². The van der Waals surface area contributed by atoms with E-state index in [1.165, 1.54) is 22.3 Å². The third-order valence-electron chi connectivity index (χ3n) is 12.1. The first-order valence-corrected chi connectivity index (χ1v) is 22.6. The molecule has 0 spiro atoms. The van der Waals surface area contributed by atoms with Crippen molar-refractivity contribution in [3.63, 3.8) is 0 Å². The number of halogens is 2. The van der Waals surface area contributed by atoms with Crippen LogP contribution in [0.15, 0.2) is 91.4 Å². The van der Waals surface area contributed by atoms with Crippen LogP contribution in [0.2, 0.25) is 0 Å². The molecule has 12 rings (SSSR count). The highest BCUT2D eigenvalue weighted by Gasteiger charge is 2.31. The van der Waals surface area contributed by atoms with Crippen molar-refractivity contribution in [3.8, 4) is 22.9 Å². The first-order chi connectivity index (χ1) is 31.4. The lowest BCUT2D eigenvalue weighted by molar-refractivity contribution is 0.555.